The third-order valence-corrected chi connectivity index (χ3v) is 3.68. The minimum Gasteiger partial charge on any atom is -0.469 e. The number of benzene rings is 1. The molecule has 5 nitrogen and oxygen atoms in total. The highest BCUT2D eigenvalue weighted by molar-refractivity contribution is 8.15. The lowest BCUT2D eigenvalue weighted by Gasteiger charge is -2.06. The summed E-state index contributed by atoms with van der Waals surface area (Å²) in [4.78, 5) is 27.0. The molecule has 1 aromatic carbocycles. The number of ether oxygens (including phenoxy) is 1. The smallest absolute Gasteiger partial charge is 0.307 e. The molecule has 1 saturated heterocycles. The molecule has 19 heavy (non-hydrogen) atoms. The minimum atomic E-state index is -0.377. The summed E-state index contributed by atoms with van der Waals surface area (Å²) in [7, 11) is 1.31. The summed E-state index contributed by atoms with van der Waals surface area (Å²) in [6.07, 6.45) is 0.104. The van der Waals surface area contributed by atoms with Crippen molar-refractivity contribution in [1.82, 2.24) is 5.32 Å². The lowest BCUT2D eigenvalue weighted by Crippen LogP contribution is -2.26. The number of amides is 1. The van der Waals surface area contributed by atoms with Gasteiger partial charge in [-0.3, -0.25) is 9.59 Å². The molecule has 0 saturated carbocycles. The monoisotopic (exact) mass is 298 g/mol. The molecule has 1 aliphatic heterocycles. The molecule has 0 aromatic heterocycles. The number of methoxy groups -OCH3 is 1. The molecule has 0 spiro atoms. The van der Waals surface area contributed by atoms with Crippen LogP contribution in [0, 0.1) is 0 Å². The molecule has 1 atom stereocenters. The maximum Gasteiger partial charge on any atom is 0.307 e. The van der Waals surface area contributed by atoms with Crippen LogP contribution in [0.5, 0.6) is 0 Å². The van der Waals surface area contributed by atoms with Crippen molar-refractivity contribution in [2.75, 3.05) is 7.11 Å². The fourth-order valence-corrected chi connectivity index (χ4v) is 2.52. The average Bonchev–Trinajstić information content (AvgIpc) is 2.72. The second-order valence-electron chi connectivity index (χ2n) is 3.77. The Kier molecular flexibility index (Phi) is 4.44. The van der Waals surface area contributed by atoms with Gasteiger partial charge in [0.1, 0.15) is 5.84 Å². The summed E-state index contributed by atoms with van der Waals surface area (Å²) < 4.78 is 4.60. The molecule has 100 valence electrons. The molecule has 1 aliphatic rings. The second kappa shape index (κ2) is 6.08. The molecule has 1 heterocycles. The van der Waals surface area contributed by atoms with E-state index in [-0.39, 0.29) is 22.9 Å². The topological polar surface area (TPSA) is 67.8 Å². The standard InChI is InChI=1S/C12H11ClN2O3S/c1-18-10(16)6-9-11(15-12(17)19-9)14-8-4-2-7(13)3-5-8/h2-5,9H,6H2,1H3,(H,14,15,17)/t9-/m0/s1. The van der Waals surface area contributed by atoms with Gasteiger partial charge in [-0.1, -0.05) is 23.4 Å². The van der Waals surface area contributed by atoms with E-state index < -0.39 is 0 Å². The van der Waals surface area contributed by atoms with E-state index in [1.54, 1.807) is 24.3 Å². The number of hydrogen-bond acceptors (Lipinski definition) is 5. The Labute approximate surface area is 119 Å². The van der Waals surface area contributed by atoms with Crippen molar-refractivity contribution < 1.29 is 14.3 Å². The lowest BCUT2D eigenvalue weighted by atomic mass is 10.2. The summed E-state index contributed by atoms with van der Waals surface area (Å²) in [5.74, 6) is 0.0838. The van der Waals surface area contributed by atoms with Crippen molar-refractivity contribution in [2.45, 2.75) is 11.7 Å². The van der Waals surface area contributed by atoms with E-state index in [4.69, 9.17) is 11.6 Å². The van der Waals surface area contributed by atoms with Crippen molar-refractivity contribution in [1.29, 1.82) is 0 Å². The quantitative estimate of drug-likeness (QED) is 0.871. The number of thioether (sulfide) groups is 1. The molecular formula is C12H11ClN2O3S. The predicted octanol–water partition coefficient (Wildman–Crippen LogP) is 2.76. The van der Waals surface area contributed by atoms with Crippen molar-refractivity contribution in [3.8, 4) is 0 Å². The maximum absolute atomic E-state index is 11.4. The fraction of sp³-hybridized carbons (Fsp3) is 0.250. The number of rotatable bonds is 3. The van der Waals surface area contributed by atoms with Gasteiger partial charge in [0.05, 0.1) is 24.5 Å². The summed E-state index contributed by atoms with van der Waals surface area (Å²) >= 11 is 6.82. The molecule has 1 aromatic rings. The van der Waals surface area contributed by atoms with Gasteiger partial charge in [-0.05, 0) is 24.3 Å². The Morgan fingerprint density at radius 3 is 2.79 bits per heavy atom. The van der Waals surface area contributed by atoms with E-state index in [0.29, 0.717) is 16.5 Å². The number of carbonyl (C=O) groups is 2. The van der Waals surface area contributed by atoms with Gasteiger partial charge in [0.2, 0.25) is 0 Å². The van der Waals surface area contributed by atoms with E-state index in [1.165, 1.54) is 7.11 Å². The highest BCUT2D eigenvalue weighted by Gasteiger charge is 2.31. The highest BCUT2D eigenvalue weighted by Crippen LogP contribution is 2.26. The summed E-state index contributed by atoms with van der Waals surface area (Å²) in [5, 5.41) is 2.68. The Hall–Kier alpha value is -1.53. The molecule has 0 unspecified atom stereocenters. The first kappa shape index (κ1) is 13.9. The Balaban J connectivity index is 2.18. The largest absolute Gasteiger partial charge is 0.469 e. The van der Waals surface area contributed by atoms with E-state index in [9.17, 15) is 9.59 Å². The van der Waals surface area contributed by atoms with Crippen LogP contribution < -0.4 is 5.32 Å². The number of halogens is 1. The van der Waals surface area contributed by atoms with Crippen molar-refractivity contribution in [3.05, 3.63) is 29.3 Å². The van der Waals surface area contributed by atoms with Gasteiger partial charge in [0.25, 0.3) is 5.24 Å². The number of aliphatic imine (C=N–C) groups is 1. The molecular weight excluding hydrogens is 288 g/mol. The van der Waals surface area contributed by atoms with Crippen LogP contribution in [-0.4, -0.2) is 29.4 Å². The second-order valence-corrected chi connectivity index (χ2v) is 5.38. The first-order valence-corrected chi connectivity index (χ1v) is 6.73. The fourth-order valence-electron chi connectivity index (χ4n) is 1.53. The van der Waals surface area contributed by atoms with Gasteiger partial charge in [-0.2, -0.15) is 0 Å². The van der Waals surface area contributed by atoms with E-state index >= 15 is 0 Å². The zero-order valence-electron chi connectivity index (χ0n) is 10.1. The third-order valence-electron chi connectivity index (χ3n) is 2.44. The molecule has 0 aliphatic carbocycles. The van der Waals surface area contributed by atoms with Crippen LogP contribution in [0.15, 0.2) is 29.3 Å². The van der Waals surface area contributed by atoms with Crippen LogP contribution in [0.4, 0.5) is 10.5 Å². The van der Waals surface area contributed by atoms with Crippen molar-refractivity contribution in [2.24, 2.45) is 4.99 Å². The molecule has 7 heteroatoms. The van der Waals surface area contributed by atoms with Gasteiger partial charge in [-0.25, -0.2) is 4.99 Å². The first-order valence-electron chi connectivity index (χ1n) is 5.47. The summed E-state index contributed by atoms with van der Waals surface area (Å²) in [6, 6.07) is 6.89. The molecule has 1 amide bonds. The zero-order valence-corrected chi connectivity index (χ0v) is 11.6. The average molecular weight is 299 g/mol. The number of carbonyl (C=O) groups excluding carboxylic acids is 2. The Bertz CT molecular complexity index is 530. The van der Waals surface area contributed by atoms with Gasteiger partial charge in [0.15, 0.2) is 0 Å². The molecule has 1 fully saturated rings. The molecule has 1 N–H and O–H groups in total. The SMILES string of the molecule is COC(=O)C[C@@H]1SC(=O)NC1=Nc1ccc(Cl)cc1. The molecule has 0 bridgehead atoms. The Morgan fingerprint density at radius 2 is 2.16 bits per heavy atom. The highest BCUT2D eigenvalue weighted by atomic mass is 35.5. The lowest BCUT2D eigenvalue weighted by molar-refractivity contribution is -0.140. The van der Waals surface area contributed by atoms with Crippen LogP contribution in [0.2, 0.25) is 5.02 Å². The zero-order chi connectivity index (χ0) is 13.8. The summed E-state index contributed by atoms with van der Waals surface area (Å²) in [6.45, 7) is 0. The first-order chi connectivity index (χ1) is 9.08. The minimum absolute atomic E-state index is 0.104. The Morgan fingerprint density at radius 1 is 1.47 bits per heavy atom. The van der Waals surface area contributed by atoms with Gasteiger partial charge < -0.3 is 10.1 Å². The normalized spacial score (nSPS) is 20.4. The van der Waals surface area contributed by atoms with Crippen LogP contribution in [0.3, 0.4) is 0 Å². The van der Waals surface area contributed by atoms with Crippen molar-refractivity contribution in [3.63, 3.8) is 0 Å². The summed E-state index contributed by atoms with van der Waals surface area (Å²) in [5.41, 5.74) is 0.664. The van der Waals surface area contributed by atoms with Crippen LogP contribution in [0.1, 0.15) is 6.42 Å². The van der Waals surface area contributed by atoms with Crippen LogP contribution in [0.25, 0.3) is 0 Å². The number of amidine groups is 1. The predicted molar refractivity (Wildman–Crippen MR) is 75.1 cm³/mol. The third kappa shape index (κ3) is 3.71. The van der Waals surface area contributed by atoms with Crippen LogP contribution >= 0.6 is 23.4 Å². The van der Waals surface area contributed by atoms with Gasteiger partial charge >= 0.3 is 5.97 Å². The van der Waals surface area contributed by atoms with Crippen molar-refractivity contribution >= 4 is 46.1 Å². The number of nitrogens with zero attached hydrogens (tertiary/aromatic N) is 1. The maximum atomic E-state index is 11.4. The van der Waals surface area contributed by atoms with Crippen LogP contribution in [-0.2, 0) is 9.53 Å². The van der Waals surface area contributed by atoms with Gasteiger partial charge in [-0.15, -0.1) is 0 Å². The molecule has 0 radical (unpaired) electrons. The molecule has 2 rings (SSSR count). The van der Waals surface area contributed by atoms with E-state index in [2.05, 4.69) is 15.0 Å². The number of nitrogens with one attached hydrogen (secondary N) is 1. The number of esters is 1. The van der Waals surface area contributed by atoms with E-state index in [1.807, 2.05) is 0 Å². The number of hydrogen-bond donors (Lipinski definition) is 1. The van der Waals surface area contributed by atoms with E-state index in [0.717, 1.165) is 11.8 Å². The van der Waals surface area contributed by atoms with Gasteiger partial charge in [0, 0.05) is 5.02 Å².